The first-order valence-electron chi connectivity index (χ1n) is 9.70. The highest BCUT2D eigenvalue weighted by Crippen LogP contribution is 2.37. The fourth-order valence-electron chi connectivity index (χ4n) is 3.34. The van der Waals surface area contributed by atoms with E-state index in [4.69, 9.17) is 4.74 Å². The van der Waals surface area contributed by atoms with Gasteiger partial charge in [0.25, 0.3) is 5.91 Å². The molecule has 1 aromatic carbocycles. The second kappa shape index (κ2) is 8.43. The molecule has 15 heteroatoms. The monoisotopic (exact) mass is 515 g/mol. The van der Waals surface area contributed by atoms with Crippen LogP contribution in [-0.4, -0.2) is 61.0 Å². The van der Waals surface area contributed by atoms with Gasteiger partial charge in [-0.25, -0.2) is 8.42 Å². The van der Waals surface area contributed by atoms with Crippen LogP contribution in [0.5, 0.6) is 5.75 Å². The van der Waals surface area contributed by atoms with Crippen molar-refractivity contribution in [1.29, 1.82) is 0 Å². The number of carbonyl (C=O) groups excluding carboxylic acids is 1. The van der Waals surface area contributed by atoms with Crippen molar-refractivity contribution in [3.8, 4) is 5.75 Å². The van der Waals surface area contributed by atoms with Crippen molar-refractivity contribution in [3.63, 3.8) is 0 Å². The van der Waals surface area contributed by atoms with Gasteiger partial charge in [-0.15, -0.1) is 0 Å². The van der Waals surface area contributed by atoms with Crippen molar-refractivity contribution >= 4 is 15.7 Å². The van der Waals surface area contributed by atoms with Crippen LogP contribution in [0.4, 0.5) is 26.3 Å². The van der Waals surface area contributed by atoms with Crippen molar-refractivity contribution in [1.82, 2.24) is 15.0 Å². The minimum atomic E-state index is -4.86. The van der Waals surface area contributed by atoms with Gasteiger partial charge in [-0.1, -0.05) is 12.1 Å². The SMILES string of the molecule is C[C@H](Oc1ccc(S(C)(=O)=O)cc1C(=O)N1CCC(C)(c2noc(C(F)(F)F)n2)C1)C(F)(F)F. The number of hydrogen-bond donors (Lipinski definition) is 0. The number of rotatable bonds is 5. The third-order valence-electron chi connectivity index (χ3n) is 5.34. The number of aromatic nitrogens is 2. The van der Waals surface area contributed by atoms with E-state index in [1.54, 1.807) is 0 Å². The number of alkyl halides is 6. The Balaban J connectivity index is 1.93. The van der Waals surface area contributed by atoms with Gasteiger partial charge in [0.1, 0.15) is 5.75 Å². The number of amides is 1. The van der Waals surface area contributed by atoms with Crippen LogP contribution in [0.1, 0.15) is 42.3 Å². The average Bonchev–Trinajstić information content (AvgIpc) is 3.34. The fourth-order valence-corrected chi connectivity index (χ4v) is 3.99. The summed E-state index contributed by atoms with van der Waals surface area (Å²) < 4.78 is 110. The molecule has 188 valence electrons. The summed E-state index contributed by atoms with van der Waals surface area (Å²) in [5.41, 5.74) is -1.58. The lowest BCUT2D eigenvalue weighted by molar-refractivity contribution is -0.189. The van der Waals surface area contributed by atoms with E-state index in [1.807, 2.05) is 0 Å². The molecular formula is C19H19F6N3O5S. The molecule has 34 heavy (non-hydrogen) atoms. The van der Waals surface area contributed by atoms with Gasteiger partial charge in [-0.05, 0) is 31.5 Å². The van der Waals surface area contributed by atoms with E-state index in [0.29, 0.717) is 0 Å². The van der Waals surface area contributed by atoms with Crippen LogP contribution >= 0.6 is 0 Å². The Morgan fingerprint density at radius 1 is 1.24 bits per heavy atom. The maximum absolute atomic E-state index is 13.2. The molecule has 1 amide bonds. The summed E-state index contributed by atoms with van der Waals surface area (Å²) in [6.07, 6.45) is -10.9. The van der Waals surface area contributed by atoms with Crippen molar-refractivity contribution in [2.24, 2.45) is 0 Å². The van der Waals surface area contributed by atoms with Crippen LogP contribution in [0, 0.1) is 0 Å². The smallest absolute Gasteiger partial charge is 0.471 e. The molecule has 1 aliphatic heterocycles. The zero-order chi connectivity index (χ0) is 25.7. The molecule has 1 aliphatic rings. The number of likely N-dealkylation sites (tertiary alicyclic amines) is 1. The Labute approximate surface area is 189 Å². The quantitative estimate of drug-likeness (QED) is 0.561. The number of hydrogen-bond acceptors (Lipinski definition) is 7. The Bertz CT molecular complexity index is 1190. The zero-order valence-corrected chi connectivity index (χ0v) is 18.8. The number of carbonyl (C=O) groups is 1. The van der Waals surface area contributed by atoms with Crippen molar-refractivity contribution in [3.05, 3.63) is 35.5 Å². The highest BCUT2D eigenvalue weighted by Gasteiger charge is 2.45. The van der Waals surface area contributed by atoms with Crippen LogP contribution in [0.2, 0.25) is 0 Å². The molecule has 3 rings (SSSR count). The Kier molecular flexibility index (Phi) is 6.39. The molecule has 2 heterocycles. The van der Waals surface area contributed by atoms with E-state index in [2.05, 4.69) is 14.7 Å². The molecule has 0 radical (unpaired) electrons. The number of ether oxygens (including phenoxy) is 1. The number of sulfone groups is 1. The molecule has 0 aliphatic carbocycles. The van der Waals surface area contributed by atoms with E-state index in [1.165, 1.54) is 6.92 Å². The topological polar surface area (TPSA) is 103 Å². The third kappa shape index (κ3) is 5.28. The van der Waals surface area contributed by atoms with Gasteiger partial charge in [0.2, 0.25) is 0 Å². The Morgan fingerprint density at radius 2 is 1.88 bits per heavy atom. The maximum atomic E-state index is 13.2. The van der Waals surface area contributed by atoms with Gasteiger partial charge >= 0.3 is 18.2 Å². The molecule has 0 bridgehead atoms. The standard InChI is InChI=1S/C19H19F6N3O5S/c1-10(18(20,21)22)32-13-5-4-11(34(3,30)31)8-12(13)14(29)28-7-6-17(2,9-28)15-26-16(33-27-15)19(23,24)25/h4-5,8,10H,6-7,9H2,1-3H3/t10-,17?/m0/s1. The summed E-state index contributed by atoms with van der Waals surface area (Å²) in [5.74, 6) is -3.19. The van der Waals surface area contributed by atoms with Gasteiger partial charge in [-0.3, -0.25) is 4.79 Å². The maximum Gasteiger partial charge on any atom is 0.471 e. The highest BCUT2D eigenvalue weighted by molar-refractivity contribution is 7.90. The zero-order valence-electron chi connectivity index (χ0n) is 18.0. The normalized spacial score (nSPS) is 20.4. The van der Waals surface area contributed by atoms with Crippen LogP contribution in [0.15, 0.2) is 27.6 Å². The summed E-state index contributed by atoms with van der Waals surface area (Å²) in [6, 6.07) is 2.87. The summed E-state index contributed by atoms with van der Waals surface area (Å²) in [4.78, 5) is 17.4. The van der Waals surface area contributed by atoms with Gasteiger partial charge in [0.15, 0.2) is 21.8 Å². The third-order valence-corrected chi connectivity index (χ3v) is 6.45. The molecule has 0 N–H and O–H groups in total. The predicted molar refractivity (Wildman–Crippen MR) is 103 cm³/mol. The number of benzene rings is 1. The van der Waals surface area contributed by atoms with Gasteiger partial charge in [0, 0.05) is 19.3 Å². The molecule has 8 nitrogen and oxygen atoms in total. The lowest BCUT2D eigenvalue weighted by Crippen LogP contribution is -2.35. The van der Waals surface area contributed by atoms with Gasteiger partial charge in [-0.2, -0.15) is 31.3 Å². The van der Waals surface area contributed by atoms with Crippen LogP contribution < -0.4 is 4.74 Å². The summed E-state index contributed by atoms with van der Waals surface area (Å²) in [6.45, 7) is 2.02. The molecule has 1 saturated heterocycles. The fraction of sp³-hybridized carbons (Fsp3) is 0.526. The lowest BCUT2D eigenvalue weighted by atomic mass is 9.89. The van der Waals surface area contributed by atoms with E-state index in [-0.39, 0.29) is 30.2 Å². The summed E-state index contributed by atoms with van der Waals surface area (Å²) in [5, 5.41) is 3.36. The largest absolute Gasteiger partial charge is 0.480 e. The van der Waals surface area contributed by atoms with E-state index < -0.39 is 56.8 Å². The second-order valence-corrected chi connectivity index (χ2v) is 10.2. The molecule has 1 fully saturated rings. The van der Waals surface area contributed by atoms with Crippen molar-refractivity contribution in [2.45, 2.75) is 49.0 Å². The van der Waals surface area contributed by atoms with Gasteiger partial charge < -0.3 is 14.2 Å². The van der Waals surface area contributed by atoms with E-state index in [0.717, 1.165) is 36.3 Å². The molecule has 2 atom stereocenters. The van der Waals surface area contributed by atoms with Crippen LogP contribution in [0.3, 0.4) is 0 Å². The molecule has 2 aromatic rings. The predicted octanol–water partition coefficient (Wildman–Crippen LogP) is 3.63. The Hall–Kier alpha value is -2.84. The number of nitrogens with zero attached hydrogens (tertiary/aromatic N) is 3. The molecule has 0 saturated carbocycles. The number of halogens is 6. The minimum Gasteiger partial charge on any atom is -0.480 e. The molecule has 1 unspecified atom stereocenters. The Morgan fingerprint density at radius 3 is 2.41 bits per heavy atom. The highest BCUT2D eigenvalue weighted by atomic mass is 32.2. The minimum absolute atomic E-state index is 0.0113. The van der Waals surface area contributed by atoms with E-state index >= 15 is 0 Å². The average molecular weight is 515 g/mol. The van der Waals surface area contributed by atoms with Gasteiger partial charge in [0.05, 0.1) is 15.9 Å². The lowest BCUT2D eigenvalue weighted by Gasteiger charge is -2.24. The van der Waals surface area contributed by atoms with Crippen LogP contribution in [-0.2, 0) is 21.4 Å². The first-order chi connectivity index (χ1) is 15.4. The van der Waals surface area contributed by atoms with Crippen molar-refractivity contribution < 1.29 is 48.8 Å². The summed E-state index contributed by atoms with van der Waals surface area (Å²) in [7, 11) is -3.82. The van der Waals surface area contributed by atoms with E-state index in [9.17, 15) is 39.6 Å². The molecule has 0 spiro atoms. The first-order valence-corrected chi connectivity index (χ1v) is 11.6. The molecular weight excluding hydrogens is 496 g/mol. The molecule has 1 aromatic heterocycles. The van der Waals surface area contributed by atoms with Crippen molar-refractivity contribution in [2.75, 3.05) is 19.3 Å². The first kappa shape index (κ1) is 25.8. The van der Waals surface area contributed by atoms with Crippen LogP contribution in [0.25, 0.3) is 0 Å². The summed E-state index contributed by atoms with van der Waals surface area (Å²) >= 11 is 0. The second-order valence-electron chi connectivity index (χ2n) is 8.19.